The van der Waals surface area contributed by atoms with Crippen LogP contribution in [-0.4, -0.2) is 21.0 Å². The summed E-state index contributed by atoms with van der Waals surface area (Å²) >= 11 is 6.91. The second-order valence-electron chi connectivity index (χ2n) is 3.31. The van der Waals surface area contributed by atoms with Gasteiger partial charge in [0.05, 0.1) is 10.7 Å². The van der Waals surface area contributed by atoms with Crippen LogP contribution < -0.4 is 5.73 Å². The molecule has 92 valence electrons. The molecule has 0 bridgehead atoms. The van der Waals surface area contributed by atoms with Crippen molar-refractivity contribution in [1.29, 1.82) is 0 Å². The maximum Gasteiger partial charge on any atom is 0.354 e. The van der Waals surface area contributed by atoms with Gasteiger partial charge < -0.3 is 10.8 Å². The summed E-state index contributed by atoms with van der Waals surface area (Å²) in [7, 11) is 0. The highest BCUT2D eigenvalue weighted by atomic mass is 35.5. The summed E-state index contributed by atoms with van der Waals surface area (Å²) in [5.41, 5.74) is 6.09. The number of nitrogen functional groups attached to an aromatic ring is 1. The normalized spacial score (nSPS) is 10.3. The Balaban J connectivity index is 2.30. The lowest BCUT2D eigenvalue weighted by Crippen LogP contribution is -2.02. The van der Waals surface area contributed by atoms with Crippen LogP contribution in [0.1, 0.15) is 10.5 Å². The molecule has 0 saturated heterocycles. The van der Waals surface area contributed by atoms with Gasteiger partial charge in [0.2, 0.25) is 0 Å². The lowest BCUT2D eigenvalue weighted by molar-refractivity contribution is 0.0690. The predicted molar refractivity (Wildman–Crippen MR) is 69.0 cm³/mol. The van der Waals surface area contributed by atoms with Gasteiger partial charge in [-0.2, -0.15) is 0 Å². The molecule has 18 heavy (non-hydrogen) atoms. The average molecular weight is 282 g/mol. The van der Waals surface area contributed by atoms with E-state index in [2.05, 4.69) is 9.97 Å². The van der Waals surface area contributed by atoms with Crippen molar-refractivity contribution < 1.29 is 9.90 Å². The molecule has 0 aromatic carbocycles. The smallest absolute Gasteiger partial charge is 0.354 e. The van der Waals surface area contributed by atoms with Crippen molar-refractivity contribution in [2.45, 2.75) is 10.1 Å². The third-order valence-corrected chi connectivity index (χ3v) is 3.20. The molecule has 5 nitrogen and oxygen atoms in total. The van der Waals surface area contributed by atoms with Crippen molar-refractivity contribution in [3.63, 3.8) is 0 Å². The molecule has 3 N–H and O–H groups in total. The first-order valence-electron chi connectivity index (χ1n) is 4.85. The minimum atomic E-state index is -1.10. The molecule has 0 fully saturated rings. The molecule has 2 rings (SSSR count). The highest BCUT2D eigenvalue weighted by molar-refractivity contribution is 7.99. The maximum absolute atomic E-state index is 10.8. The Bertz CT molecular complexity index is 589. The molecule has 0 radical (unpaired) electrons. The fourth-order valence-corrected chi connectivity index (χ4v) is 2.06. The van der Waals surface area contributed by atoms with Crippen molar-refractivity contribution in [3.05, 3.63) is 41.2 Å². The molecule has 0 aliphatic heterocycles. The van der Waals surface area contributed by atoms with E-state index in [-0.39, 0.29) is 5.69 Å². The van der Waals surface area contributed by atoms with Crippen LogP contribution in [0.4, 0.5) is 5.69 Å². The SMILES string of the molecule is Nc1ccc(C(=O)O)nc1Sc1ccc(Cl)cn1. The van der Waals surface area contributed by atoms with E-state index in [1.165, 1.54) is 30.1 Å². The number of anilines is 1. The van der Waals surface area contributed by atoms with E-state index in [0.29, 0.717) is 20.8 Å². The number of nitrogens with zero attached hydrogens (tertiary/aromatic N) is 2. The predicted octanol–water partition coefficient (Wildman–Crippen LogP) is 2.56. The first-order chi connectivity index (χ1) is 8.56. The van der Waals surface area contributed by atoms with Gasteiger partial charge in [0.25, 0.3) is 0 Å². The summed E-state index contributed by atoms with van der Waals surface area (Å²) in [6.45, 7) is 0. The van der Waals surface area contributed by atoms with Crippen molar-refractivity contribution >= 4 is 35.0 Å². The molecular formula is C11H8ClN3O2S. The van der Waals surface area contributed by atoms with Crippen LogP contribution in [0.15, 0.2) is 40.5 Å². The zero-order valence-electron chi connectivity index (χ0n) is 9.00. The number of carboxylic acids is 1. The van der Waals surface area contributed by atoms with Gasteiger partial charge in [-0.05, 0) is 36.0 Å². The molecule has 0 spiro atoms. The number of hydrogen-bond donors (Lipinski definition) is 2. The van der Waals surface area contributed by atoms with E-state index in [1.807, 2.05) is 0 Å². The Labute approximate surface area is 112 Å². The van der Waals surface area contributed by atoms with Crippen LogP contribution in [-0.2, 0) is 0 Å². The molecule has 0 amide bonds. The van der Waals surface area contributed by atoms with Crippen LogP contribution in [0.25, 0.3) is 0 Å². The standard InChI is InChI=1S/C11H8ClN3O2S/c12-6-1-4-9(14-5-6)18-10-7(13)2-3-8(15-10)11(16)17/h1-5H,13H2,(H,16,17). The second-order valence-corrected chi connectivity index (χ2v) is 4.76. The van der Waals surface area contributed by atoms with Gasteiger partial charge in [0.1, 0.15) is 15.7 Å². The van der Waals surface area contributed by atoms with Crippen LogP contribution in [0.5, 0.6) is 0 Å². The van der Waals surface area contributed by atoms with Crippen LogP contribution in [0, 0.1) is 0 Å². The van der Waals surface area contributed by atoms with Crippen LogP contribution >= 0.6 is 23.4 Å². The van der Waals surface area contributed by atoms with Crippen molar-refractivity contribution in [3.8, 4) is 0 Å². The zero-order chi connectivity index (χ0) is 13.1. The van der Waals surface area contributed by atoms with Crippen LogP contribution in [0.3, 0.4) is 0 Å². The van der Waals surface area contributed by atoms with Gasteiger partial charge in [0, 0.05) is 6.20 Å². The molecule has 2 aromatic heterocycles. The Morgan fingerprint density at radius 1 is 1.33 bits per heavy atom. The number of carbonyl (C=O) groups is 1. The molecule has 2 heterocycles. The quantitative estimate of drug-likeness (QED) is 0.899. The van der Waals surface area contributed by atoms with E-state index in [4.69, 9.17) is 22.4 Å². The van der Waals surface area contributed by atoms with Crippen molar-refractivity contribution in [2.24, 2.45) is 0 Å². The van der Waals surface area contributed by atoms with Gasteiger partial charge in [0.15, 0.2) is 0 Å². The summed E-state index contributed by atoms with van der Waals surface area (Å²) in [5.74, 6) is -1.10. The number of hydrogen-bond acceptors (Lipinski definition) is 5. The minimum Gasteiger partial charge on any atom is -0.477 e. The number of rotatable bonds is 3. The Hall–Kier alpha value is -1.79. The summed E-state index contributed by atoms with van der Waals surface area (Å²) in [6, 6.07) is 6.27. The largest absolute Gasteiger partial charge is 0.477 e. The molecule has 0 saturated carbocycles. The first-order valence-corrected chi connectivity index (χ1v) is 6.05. The number of carboxylic acid groups (broad SMARTS) is 1. The summed E-state index contributed by atoms with van der Waals surface area (Å²) in [6.07, 6.45) is 1.50. The summed E-state index contributed by atoms with van der Waals surface area (Å²) < 4.78 is 0. The Kier molecular flexibility index (Phi) is 3.69. The van der Waals surface area contributed by atoms with E-state index in [1.54, 1.807) is 12.1 Å². The first kappa shape index (κ1) is 12.7. The van der Waals surface area contributed by atoms with E-state index in [9.17, 15) is 4.79 Å². The number of halogens is 1. The number of nitrogens with two attached hydrogens (primary N) is 1. The maximum atomic E-state index is 10.8. The molecule has 2 aromatic rings. The van der Waals surface area contributed by atoms with Crippen molar-refractivity contribution in [1.82, 2.24) is 9.97 Å². The summed E-state index contributed by atoms with van der Waals surface area (Å²) in [5, 5.41) is 10.4. The van der Waals surface area contributed by atoms with E-state index < -0.39 is 5.97 Å². The van der Waals surface area contributed by atoms with Gasteiger partial charge in [-0.25, -0.2) is 14.8 Å². The van der Waals surface area contributed by atoms with Gasteiger partial charge in [-0.15, -0.1) is 0 Å². The van der Waals surface area contributed by atoms with Gasteiger partial charge >= 0.3 is 5.97 Å². The topological polar surface area (TPSA) is 89.1 Å². The van der Waals surface area contributed by atoms with E-state index in [0.717, 1.165) is 0 Å². The molecule has 0 aliphatic carbocycles. The zero-order valence-corrected chi connectivity index (χ0v) is 10.6. The highest BCUT2D eigenvalue weighted by Crippen LogP contribution is 2.29. The summed E-state index contributed by atoms with van der Waals surface area (Å²) in [4.78, 5) is 18.8. The fraction of sp³-hybridized carbons (Fsp3) is 0. The monoisotopic (exact) mass is 281 g/mol. The lowest BCUT2D eigenvalue weighted by atomic mass is 10.3. The fourth-order valence-electron chi connectivity index (χ4n) is 1.17. The average Bonchev–Trinajstić information content (AvgIpc) is 2.34. The Morgan fingerprint density at radius 3 is 2.72 bits per heavy atom. The third-order valence-electron chi connectivity index (χ3n) is 2.01. The van der Waals surface area contributed by atoms with Crippen LogP contribution in [0.2, 0.25) is 5.02 Å². The lowest BCUT2D eigenvalue weighted by Gasteiger charge is -2.04. The van der Waals surface area contributed by atoms with Gasteiger partial charge in [-0.1, -0.05) is 11.6 Å². The second kappa shape index (κ2) is 5.24. The van der Waals surface area contributed by atoms with Crippen molar-refractivity contribution in [2.75, 3.05) is 5.73 Å². The molecular weight excluding hydrogens is 274 g/mol. The Morgan fingerprint density at radius 2 is 2.11 bits per heavy atom. The number of pyridine rings is 2. The molecule has 0 unspecified atom stereocenters. The highest BCUT2D eigenvalue weighted by Gasteiger charge is 2.10. The minimum absolute atomic E-state index is 0.0549. The molecule has 7 heteroatoms. The molecule has 0 aliphatic rings. The third kappa shape index (κ3) is 2.91. The number of aromatic carboxylic acids is 1. The molecule has 0 atom stereocenters. The number of aromatic nitrogens is 2. The van der Waals surface area contributed by atoms with E-state index >= 15 is 0 Å². The van der Waals surface area contributed by atoms with Gasteiger partial charge in [-0.3, -0.25) is 0 Å².